The number of hydrogen-bond acceptors (Lipinski definition) is 5. The van der Waals surface area contributed by atoms with Crippen molar-refractivity contribution in [1.82, 2.24) is 10.3 Å². The van der Waals surface area contributed by atoms with E-state index in [1.807, 2.05) is 18.2 Å². The maximum atomic E-state index is 11.6. The Morgan fingerprint density at radius 2 is 2.15 bits per heavy atom. The quantitative estimate of drug-likeness (QED) is 0.828. The zero-order chi connectivity index (χ0) is 14.4. The Morgan fingerprint density at radius 3 is 2.95 bits per heavy atom. The van der Waals surface area contributed by atoms with E-state index in [9.17, 15) is 8.42 Å². The van der Waals surface area contributed by atoms with Crippen molar-refractivity contribution in [2.24, 2.45) is 0 Å². The fourth-order valence-electron chi connectivity index (χ4n) is 2.30. The maximum absolute atomic E-state index is 11.6. The molecule has 1 aliphatic heterocycles. The topological polar surface area (TPSA) is 62.3 Å². The zero-order valence-corrected chi connectivity index (χ0v) is 12.8. The highest BCUT2D eigenvalue weighted by Gasteiger charge is 2.19. The van der Waals surface area contributed by atoms with E-state index < -0.39 is 9.84 Å². The highest BCUT2D eigenvalue weighted by molar-refractivity contribution is 7.91. The summed E-state index contributed by atoms with van der Waals surface area (Å²) < 4.78 is 23.3. The number of anilines is 1. The molecule has 0 saturated carbocycles. The average Bonchev–Trinajstić information content (AvgIpc) is 2.60. The lowest BCUT2D eigenvalue weighted by molar-refractivity contribution is 0.597. The molecule has 1 aromatic heterocycles. The predicted molar refractivity (Wildman–Crippen MR) is 81.7 cm³/mol. The first kappa shape index (κ1) is 15.3. The molecule has 5 nitrogen and oxygen atoms in total. The van der Waals surface area contributed by atoms with Crippen LogP contribution in [0.1, 0.15) is 25.5 Å². The molecule has 2 heterocycles. The van der Waals surface area contributed by atoms with Crippen LogP contribution in [-0.2, 0) is 16.4 Å². The van der Waals surface area contributed by atoms with Crippen molar-refractivity contribution in [3.8, 4) is 0 Å². The summed E-state index contributed by atoms with van der Waals surface area (Å²) in [5, 5.41) is 3.33. The number of aromatic nitrogens is 1. The van der Waals surface area contributed by atoms with Crippen molar-refractivity contribution in [2.45, 2.75) is 26.3 Å². The molecule has 1 saturated heterocycles. The molecule has 1 aliphatic rings. The molecule has 0 aromatic carbocycles. The van der Waals surface area contributed by atoms with Crippen molar-refractivity contribution in [3.63, 3.8) is 0 Å². The summed E-state index contributed by atoms with van der Waals surface area (Å²) >= 11 is 0. The van der Waals surface area contributed by atoms with Crippen LogP contribution in [0.3, 0.4) is 0 Å². The average molecular weight is 297 g/mol. The molecule has 112 valence electrons. The van der Waals surface area contributed by atoms with Gasteiger partial charge in [-0.15, -0.1) is 0 Å². The minimum Gasteiger partial charge on any atom is -0.356 e. The second kappa shape index (κ2) is 7.04. The molecule has 1 aromatic rings. The Labute approximate surface area is 121 Å². The van der Waals surface area contributed by atoms with Crippen molar-refractivity contribution >= 4 is 15.7 Å². The number of hydrogen-bond donors (Lipinski definition) is 1. The molecular formula is C14H23N3O2S. The van der Waals surface area contributed by atoms with Crippen molar-refractivity contribution in [3.05, 3.63) is 23.9 Å². The molecule has 20 heavy (non-hydrogen) atoms. The van der Waals surface area contributed by atoms with Gasteiger partial charge in [-0.05, 0) is 31.5 Å². The molecule has 6 heteroatoms. The Bertz CT molecular complexity index is 531. The standard InChI is InChI=1S/C14H23N3O2S/c1-2-7-15-12-13-5-3-6-14(16-13)17-8-4-10-20(18,19)11-9-17/h3,5-6,15H,2,4,7-12H2,1H3. The lowest BCUT2D eigenvalue weighted by Crippen LogP contribution is -2.28. The summed E-state index contributed by atoms with van der Waals surface area (Å²) in [4.78, 5) is 6.70. The van der Waals surface area contributed by atoms with Crippen molar-refractivity contribution in [1.29, 1.82) is 0 Å². The van der Waals surface area contributed by atoms with Crippen molar-refractivity contribution < 1.29 is 8.42 Å². The number of pyridine rings is 1. The molecule has 0 spiro atoms. The van der Waals surface area contributed by atoms with Crippen LogP contribution >= 0.6 is 0 Å². The minimum absolute atomic E-state index is 0.229. The Morgan fingerprint density at radius 1 is 1.30 bits per heavy atom. The highest BCUT2D eigenvalue weighted by Crippen LogP contribution is 2.15. The van der Waals surface area contributed by atoms with Crippen LogP contribution in [0.4, 0.5) is 5.82 Å². The smallest absolute Gasteiger partial charge is 0.152 e. The first-order valence-electron chi connectivity index (χ1n) is 7.23. The van der Waals surface area contributed by atoms with E-state index in [1.165, 1.54) is 0 Å². The van der Waals surface area contributed by atoms with Gasteiger partial charge < -0.3 is 10.2 Å². The molecule has 0 unspecified atom stereocenters. The minimum atomic E-state index is -2.87. The van der Waals surface area contributed by atoms with Crippen LogP contribution in [0.25, 0.3) is 0 Å². The summed E-state index contributed by atoms with van der Waals surface area (Å²) in [7, 11) is -2.87. The lowest BCUT2D eigenvalue weighted by atomic mass is 10.3. The fourth-order valence-corrected chi connectivity index (χ4v) is 3.57. The Hall–Kier alpha value is -1.14. The number of sulfone groups is 1. The first-order chi connectivity index (χ1) is 9.61. The van der Waals surface area contributed by atoms with Gasteiger partial charge in [-0.3, -0.25) is 0 Å². The molecular weight excluding hydrogens is 274 g/mol. The fraction of sp³-hybridized carbons (Fsp3) is 0.643. The van der Waals surface area contributed by atoms with E-state index in [4.69, 9.17) is 0 Å². The summed E-state index contributed by atoms with van der Waals surface area (Å²) in [6, 6.07) is 5.95. The van der Waals surface area contributed by atoms with Gasteiger partial charge in [-0.1, -0.05) is 13.0 Å². The molecule has 0 bridgehead atoms. The summed E-state index contributed by atoms with van der Waals surface area (Å²) in [6.07, 6.45) is 1.78. The second-order valence-corrected chi connectivity index (χ2v) is 7.46. The maximum Gasteiger partial charge on any atom is 0.152 e. The third-order valence-electron chi connectivity index (χ3n) is 3.40. The zero-order valence-electron chi connectivity index (χ0n) is 12.0. The summed E-state index contributed by atoms with van der Waals surface area (Å²) in [5.74, 6) is 1.41. The van der Waals surface area contributed by atoms with Crippen LogP contribution in [-0.4, -0.2) is 44.5 Å². The van der Waals surface area contributed by atoms with Crippen LogP contribution in [0.2, 0.25) is 0 Å². The van der Waals surface area contributed by atoms with Gasteiger partial charge in [0.15, 0.2) is 9.84 Å². The van der Waals surface area contributed by atoms with E-state index in [-0.39, 0.29) is 5.75 Å². The van der Waals surface area contributed by atoms with Crippen LogP contribution < -0.4 is 10.2 Å². The van der Waals surface area contributed by atoms with Gasteiger partial charge in [0.1, 0.15) is 5.82 Å². The van der Waals surface area contributed by atoms with Gasteiger partial charge in [0.25, 0.3) is 0 Å². The molecule has 0 aliphatic carbocycles. The molecule has 0 atom stereocenters. The van der Waals surface area contributed by atoms with E-state index in [0.717, 1.165) is 37.6 Å². The first-order valence-corrected chi connectivity index (χ1v) is 9.05. The molecule has 1 fully saturated rings. The van der Waals surface area contributed by atoms with Crippen LogP contribution in [0.5, 0.6) is 0 Å². The molecule has 0 amide bonds. The van der Waals surface area contributed by atoms with Gasteiger partial charge in [0, 0.05) is 19.6 Å². The third kappa shape index (κ3) is 4.45. The van der Waals surface area contributed by atoms with Gasteiger partial charge in [0.05, 0.1) is 17.2 Å². The molecule has 0 radical (unpaired) electrons. The Balaban J connectivity index is 2.02. The monoisotopic (exact) mass is 297 g/mol. The predicted octanol–water partition coefficient (Wildman–Crippen LogP) is 1.21. The van der Waals surface area contributed by atoms with E-state index in [0.29, 0.717) is 18.7 Å². The van der Waals surface area contributed by atoms with Gasteiger partial charge in [-0.2, -0.15) is 0 Å². The van der Waals surface area contributed by atoms with E-state index in [1.54, 1.807) is 0 Å². The highest BCUT2D eigenvalue weighted by atomic mass is 32.2. The second-order valence-electron chi connectivity index (χ2n) is 5.16. The van der Waals surface area contributed by atoms with Crippen LogP contribution in [0.15, 0.2) is 18.2 Å². The normalized spacial score (nSPS) is 18.8. The van der Waals surface area contributed by atoms with Crippen molar-refractivity contribution in [2.75, 3.05) is 36.0 Å². The van der Waals surface area contributed by atoms with E-state index >= 15 is 0 Å². The SMILES string of the molecule is CCCNCc1cccc(N2CCCS(=O)(=O)CC2)n1. The summed E-state index contributed by atoms with van der Waals surface area (Å²) in [6.45, 7) is 5.18. The van der Waals surface area contributed by atoms with Gasteiger partial charge in [-0.25, -0.2) is 13.4 Å². The number of nitrogens with zero attached hydrogens (tertiary/aromatic N) is 2. The molecule has 2 rings (SSSR count). The lowest BCUT2D eigenvalue weighted by Gasteiger charge is -2.21. The number of nitrogens with one attached hydrogen (secondary N) is 1. The molecule has 1 N–H and O–H groups in total. The Kier molecular flexibility index (Phi) is 5.37. The largest absolute Gasteiger partial charge is 0.356 e. The van der Waals surface area contributed by atoms with Crippen LogP contribution in [0, 0.1) is 0 Å². The van der Waals surface area contributed by atoms with E-state index in [2.05, 4.69) is 22.1 Å². The third-order valence-corrected chi connectivity index (χ3v) is 5.12. The number of rotatable bonds is 5. The van der Waals surface area contributed by atoms with Gasteiger partial charge in [0.2, 0.25) is 0 Å². The van der Waals surface area contributed by atoms with Gasteiger partial charge >= 0.3 is 0 Å². The summed E-state index contributed by atoms with van der Waals surface area (Å²) in [5.41, 5.74) is 1.00.